The first-order valence-corrected chi connectivity index (χ1v) is 9.04. The molecule has 0 spiro atoms. The third kappa shape index (κ3) is 4.61. The summed E-state index contributed by atoms with van der Waals surface area (Å²) < 4.78 is 6.56. The van der Waals surface area contributed by atoms with E-state index in [2.05, 4.69) is 22.2 Å². The topological polar surface area (TPSA) is 89.0 Å². The molecule has 0 aromatic carbocycles. The summed E-state index contributed by atoms with van der Waals surface area (Å²) in [6, 6.07) is 1.85. The van der Waals surface area contributed by atoms with E-state index in [4.69, 9.17) is 4.74 Å². The summed E-state index contributed by atoms with van der Waals surface area (Å²) in [5, 5.41) is 3.35. The number of unbranched alkanes of at least 4 members (excludes halogenated alkanes) is 1. The van der Waals surface area contributed by atoms with Gasteiger partial charge in [0, 0.05) is 25.9 Å². The van der Waals surface area contributed by atoms with Gasteiger partial charge in [0.05, 0.1) is 17.9 Å². The Bertz CT molecular complexity index is 754. The van der Waals surface area contributed by atoms with Crippen LogP contribution in [0.4, 0.5) is 0 Å². The SMILES string of the molecule is CCCCn1c(SCC(=O)NCCOC)nc2cc(C)[nH]c2c1=O. The number of methoxy groups -OCH3 is 1. The predicted molar refractivity (Wildman–Crippen MR) is 95.6 cm³/mol. The van der Waals surface area contributed by atoms with E-state index in [1.807, 2.05) is 13.0 Å². The summed E-state index contributed by atoms with van der Waals surface area (Å²) in [6.07, 6.45) is 1.87. The van der Waals surface area contributed by atoms with E-state index in [9.17, 15) is 9.59 Å². The van der Waals surface area contributed by atoms with Crippen molar-refractivity contribution in [1.29, 1.82) is 0 Å². The molecule has 0 saturated carbocycles. The van der Waals surface area contributed by atoms with Crippen LogP contribution in [0.25, 0.3) is 11.0 Å². The van der Waals surface area contributed by atoms with E-state index >= 15 is 0 Å². The van der Waals surface area contributed by atoms with Gasteiger partial charge in [-0.1, -0.05) is 25.1 Å². The number of fused-ring (bicyclic) bond motifs is 1. The number of aromatic amines is 1. The van der Waals surface area contributed by atoms with Gasteiger partial charge in [-0.15, -0.1) is 0 Å². The van der Waals surface area contributed by atoms with Gasteiger partial charge in [-0.3, -0.25) is 14.2 Å². The Morgan fingerprint density at radius 1 is 1.50 bits per heavy atom. The van der Waals surface area contributed by atoms with E-state index in [1.165, 1.54) is 11.8 Å². The quantitative estimate of drug-likeness (QED) is 0.407. The summed E-state index contributed by atoms with van der Waals surface area (Å²) in [6.45, 7) is 5.52. The van der Waals surface area contributed by atoms with Crippen LogP contribution in [0.5, 0.6) is 0 Å². The van der Waals surface area contributed by atoms with Crippen LogP contribution < -0.4 is 10.9 Å². The Morgan fingerprint density at radius 2 is 2.29 bits per heavy atom. The minimum absolute atomic E-state index is 0.0798. The Morgan fingerprint density at radius 3 is 3.00 bits per heavy atom. The molecule has 0 fully saturated rings. The fraction of sp³-hybridized carbons (Fsp3) is 0.562. The summed E-state index contributed by atoms with van der Waals surface area (Å²) >= 11 is 1.29. The third-order valence-electron chi connectivity index (χ3n) is 3.53. The van der Waals surface area contributed by atoms with Crippen molar-refractivity contribution < 1.29 is 9.53 Å². The average Bonchev–Trinajstić information content (AvgIpc) is 2.93. The molecule has 7 nitrogen and oxygen atoms in total. The molecule has 0 aliphatic heterocycles. The molecule has 0 aliphatic carbocycles. The number of aromatic nitrogens is 3. The fourth-order valence-electron chi connectivity index (χ4n) is 2.31. The van der Waals surface area contributed by atoms with Gasteiger partial charge in [-0.05, 0) is 19.4 Å². The molecule has 0 unspecified atom stereocenters. The van der Waals surface area contributed by atoms with Gasteiger partial charge < -0.3 is 15.0 Å². The maximum atomic E-state index is 12.7. The van der Waals surface area contributed by atoms with E-state index in [0.29, 0.717) is 35.9 Å². The number of hydrogen-bond donors (Lipinski definition) is 2. The molecule has 0 bridgehead atoms. The minimum atomic E-state index is -0.0984. The second-order valence-corrected chi connectivity index (χ2v) is 6.49. The van der Waals surface area contributed by atoms with Crippen LogP contribution in [-0.2, 0) is 16.1 Å². The molecule has 2 rings (SSSR count). The zero-order valence-electron chi connectivity index (χ0n) is 14.3. The molecule has 0 atom stereocenters. The summed E-state index contributed by atoms with van der Waals surface area (Å²) in [5.41, 5.74) is 1.99. The molecule has 0 saturated heterocycles. The second kappa shape index (κ2) is 8.89. The van der Waals surface area contributed by atoms with Gasteiger partial charge in [0.15, 0.2) is 5.16 Å². The van der Waals surface area contributed by atoms with Crippen LogP contribution in [0.1, 0.15) is 25.5 Å². The van der Waals surface area contributed by atoms with E-state index in [0.717, 1.165) is 18.5 Å². The smallest absolute Gasteiger partial charge is 0.278 e. The van der Waals surface area contributed by atoms with Crippen LogP contribution in [0, 0.1) is 6.92 Å². The van der Waals surface area contributed by atoms with Crippen LogP contribution in [0.3, 0.4) is 0 Å². The van der Waals surface area contributed by atoms with Crippen molar-refractivity contribution in [2.75, 3.05) is 26.0 Å². The van der Waals surface area contributed by atoms with E-state index in [1.54, 1.807) is 11.7 Å². The summed E-state index contributed by atoms with van der Waals surface area (Å²) in [7, 11) is 1.59. The molecule has 2 aromatic heterocycles. The monoisotopic (exact) mass is 352 g/mol. The normalized spacial score (nSPS) is 11.1. The van der Waals surface area contributed by atoms with Crippen molar-refractivity contribution in [2.45, 2.75) is 38.4 Å². The molecule has 24 heavy (non-hydrogen) atoms. The maximum absolute atomic E-state index is 12.7. The molecular weight excluding hydrogens is 328 g/mol. The highest BCUT2D eigenvalue weighted by molar-refractivity contribution is 7.99. The highest BCUT2D eigenvalue weighted by Gasteiger charge is 2.14. The molecular formula is C16H24N4O3S. The van der Waals surface area contributed by atoms with Crippen molar-refractivity contribution in [1.82, 2.24) is 19.9 Å². The number of hydrogen-bond acceptors (Lipinski definition) is 5. The Labute approximate surface area is 145 Å². The van der Waals surface area contributed by atoms with E-state index < -0.39 is 0 Å². The molecule has 2 heterocycles. The highest BCUT2D eigenvalue weighted by atomic mass is 32.2. The molecule has 8 heteroatoms. The van der Waals surface area contributed by atoms with Gasteiger partial charge in [-0.25, -0.2) is 4.98 Å². The summed E-state index contributed by atoms with van der Waals surface area (Å²) in [4.78, 5) is 32.2. The molecule has 0 aliphatic rings. The van der Waals surface area contributed by atoms with Crippen molar-refractivity contribution >= 4 is 28.7 Å². The lowest BCUT2D eigenvalue weighted by atomic mass is 10.3. The molecule has 2 N–H and O–H groups in total. The summed E-state index contributed by atoms with van der Waals surface area (Å²) in [5.74, 6) is 0.121. The number of thioether (sulfide) groups is 1. The van der Waals surface area contributed by atoms with Gasteiger partial charge >= 0.3 is 0 Å². The number of carbonyl (C=O) groups is 1. The number of aryl methyl sites for hydroxylation is 1. The lowest BCUT2D eigenvalue weighted by Gasteiger charge is -2.11. The first kappa shape index (κ1) is 18.5. The zero-order chi connectivity index (χ0) is 17.5. The minimum Gasteiger partial charge on any atom is -0.383 e. The number of nitrogens with one attached hydrogen (secondary N) is 2. The maximum Gasteiger partial charge on any atom is 0.278 e. The van der Waals surface area contributed by atoms with E-state index in [-0.39, 0.29) is 17.2 Å². The lowest BCUT2D eigenvalue weighted by molar-refractivity contribution is -0.118. The number of rotatable bonds is 9. The van der Waals surface area contributed by atoms with Gasteiger partial charge in [0.1, 0.15) is 5.52 Å². The van der Waals surface area contributed by atoms with Gasteiger partial charge in [-0.2, -0.15) is 0 Å². The van der Waals surface area contributed by atoms with Crippen molar-refractivity contribution in [2.24, 2.45) is 0 Å². The average molecular weight is 352 g/mol. The first-order valence-electron chi connectivity index (χ1n) is 8.05. The third-order valence-corrected chi connectivity index (χ3v) is 4.51. The number of carbonyl (C=O) groups excluding carboxylic acids is 1. The zero-order valence-corrected chi connectivity index (χ0v) is 15.2. The molecule has 0 radical (unpaired) electrons. The number of H-pyrrole nitrogens is 1. The lowest BCUT2D eigenvalue weighted by Crippen LogP contribution is -2.29. The first-order chi connectivity index (χ1) is 11.6. The Kier molecular flexibility index (Phi) is 6.86. The van der Waals surface area contributed by atoms with Crippen molar-refractivity contribution in [3.63, 3.8) is 0 Å². The van der Waals surface area contributed by atoms with Gasteiger partial charge in [0.25, 0.3) is 5.56 Å². The highest BCUT2D eigenvalue weighted by Crippen LogP contribution is 2.18. The number of ether oxygens (including phenoxy) is 1. The van der Waals surface area contributed by atoms with Crippen molar-refractivity contribution in [3.05, 3.63) is 22.1 Å². The van der Waals surface area contributed by atoms with Crippen LogP contribution >= 0.6 is 11.8 Å². The Hall–Kier alpha value is -1.80. The number of amides is 1. The predicted octanol–water partition coefficient (Wildman–Crippen LogP) is 1.69. The molecule has 132 valence electrons. The molecule has 2 aromatic rings. The largest absolute Gasteiger partial charge is 0.383 e. The standard InChI is InChI=1S/C16H24N4O3S/c1-4-5-7-20-15(22)14-12(9-11(2)18-14)19-16(20)24-10-13(21)17-6-8-23-3/h9,18H,4-8,10H2,1-3H3,(H,17,21). The second-order valence-electron chi connectivity index (χ2n) is 5.55. The van der Waals surface area contributed by atoms with Crippen LogP contribution in [0.2, 0.25) is 0 Å². The van der Waals surface area contributed by atoms with Crippen LogP contribution in [0.15, 0.2) is 16.0 Å². The molecule has 1 amide bonds. The number of nitrogens with zero attached hydrogens (tertiary/aromatic N) is 2. The van der Waals surface area contributed by atoms with Crippen LogP contribution in [-0.4, -0.2) is 46.5 Å². The van der Waals surface area contributed by atoms with Crippen molar-refractivity contribution in [3.8, 4) is 0 Å². The fourth-order valence-corrected chi connectivity index (χ4v) is 3.16. The van der Waals surface area contributed by atoms with Gasteiger partial charge in [0.2, 0.25) is 5.91 Å². The Balaban J connectivity index is 2.20.